The molecular formula is C21H35N3O2. The molecule has 2 atom stereocenters. The maximum Gasteiger partial charge on any atom is 0.222 e. The van der Waals surface area contributed by atoms with Crippen LogP contribution in [0.15, 0.2) is 0 Å². The highest BCUT2D eigenvalue weighted by molar-refractivity contribution is 5.78. The Balaban J connectivity index is 1.19. The molecule has 0 spiro atoms. The molecule has 4 rings (SSSR count). The van der Waals surface area contributed by atoms with Crippen molar-refractivity contribution in [3.8, 4) is 0 Å². The van der Waals surface area contributed by atoms with Crippen LogP contribution in [0.1, 0.15) is 70.6 Å². The molecule has 0 aromatic rings. The van der Waals surface area contributed by atoms with Crippen molar-refractivity contribution in [3.63, 3.8) is 0 Å². The van der Waals surface area contributed by atoms with Gasteiger partial charge in [0.05, 0.1) is 0 Å². The number of piperidine rings is 1. The van der Waals surface area contributed by atoms with E-state index >= 15 is 0 Å². The van der Waals surface area contributed by atoms with Crippen LogP contribution in [0.5, 0.6) is 0 Å². The van der Waals surface area contributed by atoms with E-state index in [0.29, 0.717) is 42.2 Å². The molecule has 5 nitrogen and oxygen atoms in total. The molecule has 0 aromatic carbocycles. The number of carbonyl (C=O) groups is 2. The molecule has 2 amide bonds. The molecule has 3 saturated heterocycles. The lowest BCUT2D eigenvalue weighted by molar-refractivity contribution is -0.140. The lowest BCUT2D eigenvalue weighted by atomic mass is 9.86. The molecule has 26 heavy (non-hydrogen) atoms. The van der Waals surface area contributed by atoms with E-state index in [-0.39, 0.29) is 0 Å². The van der Waals surface area contributed by atoms with Gasteiger partial charge in [0.25, 0.3) is 0 Å². The van der Waals surface area contributed by atoms with Gasteiger partial charge in [0, 0.05) is 51.1 Å². The summed E-state index contributed by atoms with van der Waals surface area (Å²) in [7, 11) is 0. The molecule has 5 heteroatoms. The topological polar surface area (TPSA) is 52.7 Å². The molecule has 4 fully saturated rings. The van der Waals surface area contributed by atoms with Crippen molar-refractivity contribution in [3.05, 3.63) is 0 Å². The molecule has 1 aliphatic carbocycles. The number of hydrogen-bond donors (Lipinski definition) is 1. The van der Waals surface area contributed by atoms with Crippen LogP contribution in [0.25, 0.3) is 0 Å². The standard InChI is InChI=1S/C21H35N3O2/c25-20(14-16-4-2-1-3-5-16)23-8-10-24(11-9-23)21(26)15-17-12-18-6-7-19(13-17)22-18/h16-19,22H,1-15H2. The van der Waals surface area contributed by atoms with Gasteiger partial charge in [-0.1, -0.05) is 19.3 Å². The molecular weight excluding hydrogens is 326 g/mol. The predicted octanol–water partition coefficient (Wildman–Crippen LogP) is 2.55. The van der Waals surface area contributed by atoms with Crippen LogP contribution < -0.4 is 5.32 Å². The highest BCUT2D eigenvalue weighted by atomic mass is 16.2. The van der Waals surface area contributed by atoms with E-state index in [1.165, 1.54) is 57.8 Å². The minimum atomic E-state index is 0.315. The van der Waals surface area contributed by atoms with Crippen molar-refractivity contribution in [1.82, 2.24) is 15.1 Å². The Morgan fingerprint density at radius 3 is 1.73 bits per heavy atom. The van der Waals surface area contributed by atoms with Crippen LogP contribution in [-0.4, -0.2) is 59.9 Å². The zero-order valence-corrected chi connectivity index (χ0v) is 16.1. The van der Waals surface area contributed by atoms with E-state index in [1.807, 2.05) is 9.80 Å². The smallest absolute Gasteiger partial charge is 0.222 e. The van der Waals surface area contributed by atoms with Crippen molar-refractivity contribution in [2.75, 3.05) is 26.2 Å². The van der Waals surface area contributed by atoms with Gasteiger partial charge in [-0.05, 0) is 50.4 Å². The fourth-order valence-corrected chi connectivity index (χ4v) is 5.69. The first kappa shape index (κ1) is 18.3. The summed E-state index contributed by atoms with van der Waals surface area (Å²) in [6.07, 6.45) is 12.7. The first-order valence-corrected chi connectivity index (χ1v) is 11.0. The van der Waals surface area contributed by atoms with Crippen molar-refractivity contribution in [2.24, 2.45) is 11.8 Å². The van der Waals surface area contributed by atoms with Crippen molar-refractivity contribution < 1.29 is 9.59 Å². The Morgan fingerprint density at radius 1 is 0.692 bits per heavy atom. The summed E-state index contributed by atoms with van der Waals surface area (Å²) in [5.74, 6) is 1.80. The molecule has 0 aromatic heterocycles. The van der Waals surface area contributed by atoms with Gasteiger partial charge in [-0.25, -0.2) is 0 Å². The van der Waals surface area contributed by atoms with Crippen molar-refractivity contribution in [2.45, 2.75) is 82.7 Å². The third kappa shape index (κ3) is 4.41. The van der Waals surface area contributed by atoms with Gasteiger partial charge >= 0.3 is 0 Å². The predicted molar refractivity (Wildman–Crippen MR) is 102 cm³/mol. The summed E-state index contributed by atoms with van der Waals surface area (Å²) in [6.45, 7) is 2.92. The van der Waals surface area contributed by atoms with E-state index in [9.17, 15) is 9.59 Å². The third-order valence-corrected chi connectivity index (χ3v) is 7.21. The van der Waals surface area contributed by atoms with Crippen molar-refractivity contribution >= 4 is 11.8 Å². The zero-order chi connectivity index (χ0) is 17.9. The molecule has 2 bridgehead atoms. The van der Waals surface area contributed by atoms with E-state index in [2.05, 4.69) is 5.32 Å². The number of nitrogens with zero attached hydrogens (tertiary/aromatic N) is 2. The SMILES string of the molecule is O=C(CC1CCCCC1)N1CCN(C(=O)CC2CC3CCC(C2)N3)CC1. The van der Waals surface area contributed by atoms with Crippen LogP contribution in [0, 0.1) is 11.8 Å². The quantitative estimate of drug-likeness (QED) is 0.837. The number of hydrogen-bond acceptors (Lipinski definition) is 3. The van der Waals surface area contributed by atoms with Crippen LogP contribution in [0.4, 0.5) is 0 Å². The van der Waals surface area contributed by atoms with E-state index in [1.54, 1.807) is 0 Å². The Hall–Kier alpha value is -1.10. The Labute approximate surface area is 157 Å². The van der Waals surface area contributed by atoms with Crippen LogP contribution in [0.2, 0.25) is 0 Å². The third-order valence-electron chi connectivity index (χ3n) is 7.21. The summed E-state index contributed by atoms with van der Waals surface area (Å²) in [5.41, 5.74) is 0. The molecule has 2 unspecified atom stereocenters. The molecule has 3 heterocycles. The fourth-order valence-electron chi connectivity index (χ4n) is 5.69. The number of rotatable bonds is 4. The second-order valence-electron chi connectivity index (χ2n) is 9.15. The first-order valence-electron chi connectivity index (χ1n) is 11.0. The molecule has 1 saturated carbocycles. The van der Waals surface area contributed by atoms with E-state index in [4.69, 9.17) is 0 Å². The normalized spacial score (nSPS) is 32.7. The summed E-state index contributed by atoms with van der Waals surface area (Å²) in [4.78, 5) is 29.3. The number of carbonyl (C=O) groups excluding carboxylic acids is 2. The average molecular weight is 362 g/mol. The second kappa shape index (κ2) is 8.28. The lowest BCUT2D eigenvalue weighted by Crippen LogP contribution is -2.51. The minimum Gasteiger partial charge on any atom is -0.339 e. The van der Waals surface area contributed by atoms with Crippen molar-refractivity contribution in [1.29, 1.82) is 0 Å². The highest BCUT2D eigenvalue weighted by Crippen LogP contribution is 2.33. The number of fused-ring (bicyclic) bond motifs is 2. The maximum absolute atomic E-state index is 12.7. The molecule has 4 aliphatic rings. The molecule has 0 radical (unpaired) electrons. The first-order chi connectivity index (χ1) is 12.7. The van der Waals surface area contributed by atoms with Gasteiger partial charge in [0.2, 0.25) is 11.8 Å². The van der Waals surface area contributed by atoms with Crippen LogP contribution in [-0.2, 0) is 9.59 Å². The minimum absolute atomic E-state index is 0.315. The van der Waals surface area contributed by atoms with Gasteiger partial charge in [-0.2, -0.15) is 0 Å². The molecule has 1 N–H and O–H groups in total. The van der Waals surface area contributed by atoms with Gasteiger partial charge < -0.3 is 15.1 Å². The van der Waals surface area contributed by atoms with E-state index in [0.717, 1.165) is 32.6 Å². The molecule has 3 aliphatic heterocycles. The highest BCUT2D eigenvalue weighted by Gasteiger charge is 2.35. The maximum atomic E-state index is 12.7. The number of nitrogens with one attached hydrogen (secondary N) is 1. The van der Waals surface area contributed by atoms with Gasteiger partial charge in [0.15, 0.2) is 0 Å². The summed E-state index contributed by atoms with van der Waals surface area (Å²) >= 11 is 0. The Kier molecular flexibility index (Phi) is 5.82. The summed E-state index contributed by atoms with van der Waals surface area (Å²) in [6, 6.07) is 1.31. The van der Waals surface area contributed by atoms with E-state index < -0.39 is 0 Å². The zero-order valence-electron chi connectivity index (χ0n) is 16.1. The van der Waals surface area contributed by atoms with Crippen LogP contribution in [0.3, 0.4) is 0 Å². The fraction of sp³-hybridized carbons (Fsp3) is 0.905. The number of piperazine rings is 1. The summed E-state index contributed by atoms with van der Waals surface area (Å²) in [5, 5.41) is 3.66. The van der Waals surface area contributed by atoms with Gasteiger partial charge in [0.1, 0.15) is 0 Å². The Morgan fingerprint density at radius 2 is 1.19 bits per heavy atom. The Bertz CT molecular complexity index is 497. The lowest BCUT2D eigenvalue weighted by Gasteiger charge is -2.37. The van der Waals surface area contributed by atoms with Crippen LogP contribution >= 0.6 is 0 Å². The largest absolute Gasteiger partial charge is 0.339 e. The second-order valence-corrected chi connectivity index (χ2v) is 9.15. The molecule has 146 valence electrons. The summed E-state index contributed by atoms with van der Waals surface area (Å²) < 4.78 is 0. The van der Waals surface area contributed by atoms with Gasteiger partial charge in [-0.15, -0.1) is 0 Å². The monoisotopic (exact) mass is 361 g/mol. The van der Waals surface area contributed by atoms with Gasteiger partial charge in [-0.3, -0.25) is 9.59 Å². The average Bonchev–Trinajstić information content (AvgIpc) is 3.01. The number of amides is 2.